The molecule has 8 nitrogen and oxygen atoms in total. The summed E-state index contributed by atoms with van der Waals surface area (Å²) < 4.78 is 0. The molecule has 2 aliphatic rings. The number of carbonyl (C=O) groups excluding carboxylic acids is 3. The Labute approximate surface area is 168 Å². The summed E-state index contributed by atoms with van der Waals surface area (Å²) in [5, 5.41) is 4.99. The van der Waals surface area contributed by atoms with Gasteiger partial charge in [0.2, 0.25) is 5.91 Å². The van der Waals surface area contributed by atoms with E-state index in [4.69, 9.17) is 0 Å². The fraction of sp³-hybridized carbons (Fsp3) is 0.333. The van der Waals surface area contributed by atoms with E-state index in [1.54, 1.807) is 24.5 Å². The second-order valence-corrected chi connectivity index (χ2v) is 7.26. The van der Waals surface area contributed by atoms with Crippen LogP contribution in [0.2, 0.25) is 0 Å². The molecule has 8 heteroatoms. The Kier molecular flexibility index (Phi) is 5.16. The molecule has 4 amide bonds. The predicted octanol–water partition coefficient (Wildman–Crippen LogP) is 1.25. The third kappa shape index (κ3) is 3.78. The van der Waals surface area contributed by atoms with Crippen LogP contribution in [0, 0.1) is 0 Å². The van der Waals surface area contributed by atoms with Gasteiger partial charge in [-0.1, -0.05) is 24.3 Å². The molecule has 2 aliphatic heterocycles. The van der Waals surface area contributed by atoms with Gasteiger partial charge in [0.25, 0.3) is 5.91 Å². The molecule has 0 bridgehead atoms. The quantitative estimate of drug-likeness (QED) is 0.746. The van der Waals surface area contributed by atoms with Crippen LogP contribution in [0.4, 0.5) is 10.5 Å². The van der Waals surface area contributed by atoms with Crippen molar-refractivity contribution in [3.8, 4) is 0 Å². The first-order chi connectivity index (χ1) is 14.1. The average molecular weight is 393 g/mol. The van der Waals surface area contributed by atoms with Gasteiger partial charge >= 0.3 is 6.03 Å². The number of hydrogen-bond donors (Lipinski definition) is 2. The smallest absolute Gasteiger partial charge is 0.322 e. The Balaban J connectivity index is 1.39. The lowest BCUT2D eigenvalue weighted by Crippen LogP contribution is -2.50. The van der Waals surface area contributed by atoms with Crippen LogP contribution in [0.3, 0.4) is 0 Å². The molecular weight excluding hydrogens is 370 g/mol. The molecule has 1 aromatic heterocycles. The van der Waals surface area contributed by atoms with E-state index in [9.17, 15) is 14.4 Å². The first-order valence-electron chi connectivity index (χ1n) is 9.70. The minimum Gasteiger partial charge on any atom is -0.368 e. The average Bonchev–Trinajstić information content (AvgIpc) is 3.07. The summed E-state index contributed by atoms with van der Waals surface area (Å²) in [6.45, 7) is 2.79. The highest BCUT2D eigenvalue weighted by Crippen LogP contribution is 2.30. The van der Waals surface area contributed by atoms with E-state index < -0.39 is 17.5 Å². The van der Waals surface area contributed by atoms with E-state index >= 15 is 0 Å². The number of amides is 4. The van der Waals surface area contributed by atoms with Gasteiger partial charge in [-0.25, -0.2) is 4.79 Å². The van der Waals surface area contributed by atoms with Gasteiger partial charge in [-0.05, 0) is 24.6 Å². The topological polar surface area (TPSA) is 94.6 Å². The molecule has 1 atom stereocenters. The summed E-state index contributed by atoms with van der Waals surface area (Å²) in [5.41, 5.74) is 0.470. The molecule has 3 heterocycles. The van der Waals surface area contributed by atoms with Gasteiger partial charge in [-0.15, -0.1) is 0 Å². The lowest BCUT2D eigenvalue weighted by atomic mass is 9.86. The fourth-order valence-electron chi connectivity index (χ4n) is 3.94. The molecule has 2 fully saturated rings. The van der Waals surface area contributed by atoms with Crippen LogP contribution in [0.5, 0.6) is 0 Å². The summed E-state index contributed by atoms with van der Waals surface area (Å²) in [7, 11) is 0. The van der Waals surface area contributed by atoms with Crippen LogP contribution >= 0.6 is 0 Å². The van der Waals surface area contributed by atoms with Crippen molar-refractivity contribution in [2.75, 3.05) is 31.1 Å². The molecule has 0 saturated carbocycles. The molecule has 2 N–H and O–H groups in total. The SMILES string of the molecule is O=C1NC(=O)C(CCC(=O)N2CCN(c3ccccc3)CC2)(c2cccnc2)N1. The number of pyridine rings is 1. The molecule has 1 aromatic carbocycles. The van der Waals surface area contributed by atoms with Gasteiger partial charge < -0.3 is 15.1 Å². The van der Waals surface area contributed by atoms with E-state index in [0.717, 1.165) is 18.8 Å². The number of para-hydroxylation sites is 1. The van der Waals surface area contributed by atoms with Crippen LogP contribution in [0.25, 0.3) is 0 Å². The Morgan fingerprint density at radius 1 is 1.03 bits per heavy atom. The molecule has 29 heavy (non-hydrogen) atoms. The number of anilines is 1. The van der Waals surface area contributed by atoms with Crippen molar-refractivity contribution in [3.63, 3.8) is 0 Å². The largest absolute Gasteiger partial charge is 0.368 e. The second-order valence-electron chi connectivity index (χ2n) is 7.26. The van der Waals surface area contributed by atoms with Crippen molar-refractivity contribution in [2.45, 2.75) is 18.4 Å². The van der Waals surface area contributed by atoms with Crippen LogP contribution in [0.15, 0.2) is 54.9 Å². The second kappa shape index (κ2) is 7.90. The Morgan fingerprint density at radius 2 is 1.79 bits per heavy atom. The first kappa shape index (κ1) is 18.9. The number of aromatic nitrogens is 1. The summed E-state index contributed by atoms with van der Waals surface area (Å²) in [6.07, 6.45) is 3.50. The maximum atomic E-state index is 12.8. The van der Waals surface area contributed by atoms with E-state index in [-0.39, 0.29) is 18.7 Å². The van der Waals surface area contributed by atoms with Crippen LogP contribution < -0.4 is 15.5 Å². The maximum absolute atomic E-state index is 12.8. The van der Waals surface area contributed by atoms with Gasteiger partial charge in [0.15, 0.2) is 0 Å². The molecular formula is C21H23N5O3. The summed E-state index contributed by atoms with van der Waals surface area (Å²) in [4.78, 5) is 45.3. The number of nitrogens with zero attached hydrogens (tertiary/aromatic N) is 3. The number of hydrogen-bond acceptors (Lipinski definition) is 5. The van der Waals surface area contributed by atoms with Gasteiger partial charge in [-0.3, -0.25) is 19.9 Å². The lowest BCUT2D eigenvalue weighted by Gasteiger charge is -2.36. The Hall–Kier alpha value is -3.42. The van der Waals surface area contributed by atoms with Gasteiger partial charge in [0.05, 0.1) is 0 Å². The molecule has 4 rings (SSSR count). The van der Waals surface area contributed by atoms with Crippen LogP contribution in [-0.4, -0.2) is 53.9 Å². The number of nitrogens with one attached hydrogen (secondary N) is 2. The van der Waals surface area contributed by atoms with Gasteiger partial charge in [0, 0.05) is 56.2 Å². The Bertz CT molecular complexity index is 897. The number of imide groups is 1. The zero-order valence-electron chi connectivity index (χ0n) is 16.0. The minimum atomic E-state index is -1.26. The van der Waals surface area contributed by atoms with Gasteiger partial charge in [0.1, 0.15) is 5.54 Å². The molecule has 150 valence electrons. The van der Waals surface area contributed by atoms with Crippen LogP contribution in [0.1, 0.15) is 18.4 Å². The number of carbonyl (C=O) groups is 3. The number of rotatable bonds is 5. The summed E-state index contributed by atoms with van der Waals surface area (Å²) >= 11 is 0. The third-order valence-corrected chi connectivity index (χ3v) is 5.56. The van der Waals surface area contributed by atoms with Crippen molar-refractivity contribution >= 4 is 23.5 Å². The summed E-state index contributed by atoms with van der Waals surface area (Å²) in [5.74, 6) is -0.466. The van der Waals surface area contributed by atoms with Crippen molar-refractivity contribution in [2.24, 2.45) is 0 Å². The normalized spacial score (nSPS) is 21.7. The summed E-state index contributed by atoms with van der Waals surface area (Å²) in [6, 6.07) is 13.0. The zero-order chi connectivity index (χ0) is 20.3. The molecule has 0 aliphatic carbocycles. The van der Waals surface area contributed by atoms with Crippen molar-refractivity contribution in [3.05, 3.63) is 60.4 Å². The van der Waals surface area contributed by atoms with E-state index in [0.29, 0.717) is 18.7 Å². The number of benzene rings is 1. The number of urea groups is 1. The first-order valence-corrected chi connectivity index (χ1v) is 9.70. The lowest BCUT2D eigenvalue weighted by molar-refractivity contribution is -0.132. The predicted molar refractivity (Wildman–Crippen MR) is 107 cm³/mol. The zero-order valence-corrected chi connectivity index (χ0v) is 16.0. The molecule has 2 aromatic rings. The van der Waals surface area contributed by atoms with E-state index in [1.165, 1.54) is 0 Å². The molecule has 0 spiro atoms. The molecule has 2 saturated heterocycles. The van der Waals surface area contributed by atoms with Crippen molar-refractivity contribution in [1.82, 2.24) is 20.5 Å². The highest BCUT2D eigenvalue weighted by atomic mass is 16.2. The third-order valence-electron chi connectivity index (χ3n) is 5.56. The monoisotopic (exact) mass is 393 g/mol. The van der Waals surface area contributed by atoms with Crippen LogP contribution in [-0.2, 0) is 15.1 Å². The minimum absolute atomic E-state index is 0.0186. The molecule has 0 radical (unpaired) electrons. The van der Waals surface area contributed by atoms with E-state index in [1.807, 2.05) is 23.1 Å². The van der Waals surface area contributed by atoms with Crippen molar-refractivity contribution in [1.29, 1.82) is 0 Å². The van der Waals surface area contributed by atoms with E-state index in [2.05, 4.69) is 32.7 Å². The highest BCUT2D eigenvalue weighted by Gasteiger charge is 2.48. The molecule has 1 unspecified atom stereocenters. The fourth-order valence-corrected chi connectivity index (χ4v) is 3.94. The Morgan fingerprint density at radius 3 is 2.41 bits per heavy atom. The van der Waals surface area contributed by atoms with Gasteiger partial charge in [-0.2, -0.15) is 0 Å². The maximum Gasteiger partial charge on any atom is 0.322 e. The van der Waals surface area contributed by atoms with Crippen molar-refractivity contribution < 1.29 is 14.4 Å². The standard InChI is InChI=1S/C21H23N5O3/c27-18(26-13-11-25(12-14-26)17-6-2-1-3-7-17)8-9-21(16-5-4-10-22-15-16)19(28)23-20(29)24-21/h1-7,10,15H,8-9,11-14H2,(H2,23,24,28,29). The number of piperazine rings is 1. The highest BCUT2D eigenvalue weighted by molar-refractivity contribution is 6.07.